The number of nitrogens with zero attached hydrogens (tertiary/aromatic N) is 2. The van der Waals surface area contributed by atoms with Crippen molar-refractivity contribution in [2.45, 2.75) is 6.42 Å². The van der Waals surface area contributed by atoms with E-state index in [1.54, 1.807) is 0 Å². The van der Waals surface area contributed by atoms with Crippen molar-refractivity contribution in [3.8, 4) is 16.8 Å². The van der Waals surface area contributed by atoms with Crippen LogP contribution in [-0.2, 0) is 0 Å². The monoisotopic (exact) mass is 648 g/mol. The van der Waals surface area contributed by atoms with Crippen molar-refractivity contribution in [2.75, 3.05) is 0 Å². The first-order valence-corrected chi connectivity index (χ1v) is 17.7. The molecule has 2 aromatic heterocycles. The lowest BCUT2D eigenvalue weighted by Gasteiger charge is -2.19. The molecule has 0 saturated heterocycles. The van der Waals surface area contributed by atoms with Gasteiger partial charge in [0.25, 0.3) is 0 Å². The smallest absolute Gasteiger partial charge is 0.0547 e. The topological polar surface area (TPSA) is 9.86 Å². The number of hydrogen-bond donors (Lipinski definition) is 0. The first-order chi connectivity index (χ1) is 25.3. The molecule has 0 saturated carbocycles. The minimum absolute atomic E-state index is 0.855. The predicted molar refractivity (Wildman–Crippen MR) is 217 cm³/mol. The summed E-state index contributed by atoms with van der Waals surface area (Å²) in [7, 11) is 0. The zero-order valence-electron chi connectivity index (χ0n) is 28.0. The largest absolute Gasteiger partial charge is 0.313 e. The highest BCUT2D eigenvalue weighted by molar-refractivity contribution is 6.22. The molecule has 2 aliphatic carbocycles. The van der Waals surface area contributed by atoms with E-state index in [1.807, 2.05) is 6.08 Å². The molecule has 9 aromatic rings. The molecule has 0 N–H and O–H groups in total. The third-order valence-corrected chi connectivity index (χ3v) is 11.1. The lowest BCUT2D eigenvalue weighted by molar-refractivity contribution is 1.11. The van der Waals surface area contributed by atoms with Gasteiger partial charge in [0.05, 0.1) is 22.1 Å². The second kappa shape index (κ2) is 10.7. The maximum atomic E-state index is 4.21. The van der Waals surface area contributed by atoms with Crippen molar-refractivity contribution < 1.29 is 0 Å². The Morgan fingerprint density at radius 1 is 0.490 bits per heavy atom. The highest BCUT2D eigenvalue weighted by Crippen LogP contribution is 2.48. The van der Waals surface area contributed by atoms with E-state index >= 15 is 0 Å². The Kier molecular flexibility index (Phi) is 5.91. The Balaban J connectivity index is 1.10. The summed E-state index contributed by atoms with van der Waals surface area (Å²) in [5, 5.41) is 7.64. The summed E-state index contributed by atoms with van der Waals surface area (Å²) in [6.45, 7) is 4.21. The highest BCUT2D eigenvalue weighted by atomic mass is 15.0. The Morgan fingerprint density at radius 3 is 1.96 bits per heavy atom. The van der Waals surface area contributed by atoms with Crippen LogP contribution < -0.4 is 0 Å². The fourth-order valence-electron chi connectivity index (χ4n) is 8.90. The summed E-state index contributed by atoms with van der Waals surface area (Å²) in [6, 6.07) is 55.6. The van der Waals surface area contributed by atoms with Gasteiger partial charge in [0.2, 0.25) is 0 Å². The number of rotatable bonds is 4. The molecule has 2 nitrogen and oxygen atoms in total. The number of benzene rings is 7. The molecule has 2 aliphatic rings. The van der Waals surface area contributed by atoms with Crippen LogP contribution in [0, 0.1) is 0 Å². The summed E-state index contributed by atoms with van der Waals surface area (Å²) in [5.41, 5.74) is 16.3. The first kappa shape index (κ1) is 28.2. The summed E-state index contributed by atoms with van der Waals surface area (Å²) in [4.78, 5) is 0. The van der Waals surface area contributed by atoms with E-state index in [1.165, 1.54) is 105 Å². The average molecular weight is 649 g/mol. The quantitative estimate of drug-likeness (QED) is 0.180. The van der Waals surface area contributed by atoms with Crippen LogP contribution in [0.1, 0.15) is 17.5 Å². The second-order valence-electron chi connectivity index (χ2n) is 13.7. The van der Waals surface area contributed by atoms with Gasteiger partial charge >= 0.3 is 0 Å². The molecule has 0 fully saturated rings. The van der Waals surface area contributed by atoms with Crippen molar-refractivity contribution in [1.82, 2.24) is 9.13 Å². The fraction of sp³-hybridized carbons (Fsp3) is 0.0204. The SMILES string of the molecule is C=CC1=C2CC(n3c4ccccc4c4cc(-c5ccc6c(c5)c5c7ccccc7ccc5n6-c5ccccc5)ccc43)=CC=C2c2ccccc21. The van der Waals surface area contributed by atoms with E-state index in [9.17, 15) is 0 Å². The number of fused-ring (bicyclic) bond motifs is 11. The van der Waals surface area contributed by atoms with Gasteiger partial charge in [-0.2, -0.15) is 0 Å². The maximum Gasteiger partial charge on any atom is 0.0547 e. The van der Waals surface area contributed by atoms with Crippen LogP contribution in [0.5, 0.6) is 0 Å². The third kappa shape index (κ3) is 3.99. The Morgan fingerprint density at radius 2 is 1.14 bits per heavy atom. The second-order valence-corrected chi connectivity index (χ2v) is 13.7. The molecule has 7 aromatic carbocycles. The predicted octanol–water partition coefficient (Wildman–Crippen LogP) is 13.0. The fourth-order valence-corrected chi connectivity index (χ4v) is 8.90. The van der Waals surface area contributed by atoms with Gasteiger partial charge in [-0.1, -0.05) is 122 Å². The van der Waals surface area contributed by atoms with E-state index in [-0.39, 0.29) is 0 Å². The van der Waals surface area contributed by atoms with Gasteiger partial charge in [0.15, 0.2) is 0 Å². The zero-order valence-corrected chi connectivity index (χ0v) is 28.0. The highest BCUT2D eigenvalue weighted by Gasteiger charge is 2.28. The van der Waals surface area contributed by atoms with Gasteiger partial charge in [-0.05, 0) is 104 Å². The molecule has 0 atom stereocenters. The van der Waals surface area contributed by atoms with Gasteiger partial charge in [-0.25, -0.2) is 0 Å². The summed E-state index contributed by atoms with van der Waals surface area (Å²) >= 11 is 0. The lowest BCUT2D eigenvalue weighted by atomic mass is 9.94. The molecule has 51 heavy (non-hydrogen) atoms. The summed E-state index contributed by atoms with van der Waals surface area (Å²) in [6.07, 6.45) is 7.52. The Labute approximate surface area is 295 Å². The molecule has 2 heterocycles. The van der Waals surface area contributed by atoms with E-state index in [4.69, 9.17) is 0 Å². The van der Waals surface area contributed by atoms with Crippen molar-refractivity contribution in [1.29, 1.82) is 0 Å². The third-order valence-electron chi connectivity index (χ3n) is 11.1. The van der Waals surface area contributed by atoms with E-state index in [0.29, 0.717) is 0 Å². The number of para-hydroxylation sites is 2. The molecule has 0 radical (unpaired) electrons. The van der Waals surface area contributed by atoms with Crippen LogP contribution in [0.25, 0.3) is 88.0 Å². The van der Waals surface area contributed by atoms with Crippen molar-refractivity contribution in [3.05, 3.63) is 193 Å². The van der Waals surface area contributed by atoms with Crippen LogP contribution in [0.4, 0.5) is 0 Å². The molecule has 0 amide bonds. The van der Waals surface area contributed by atoms with E-state index < -0.39 is 0 Å². The summed E-state index contributed by atoms with van der Waals surface area (Å²) in [5.74, 6) is 0. The molecule has 0 bridgehead atoms. The number of aromatic nitrogens is 2. The van der Waals surface area contributed by atoms with Crippen LogP contribution in [0.15, 0.2) is 182 Å². The van der Waals surface area contributed by atoms with E-state index in [2.05, 4.69) is 180 Å². The molecule has 2 heteroatoms. The van der Waals surface area contributed by atoms with Crippen LogP contribution in [0.3, 0.4) is 0 Å². The normalized spacial score (nSPS) is 14.0. The molecule has 0 unspecified atom stereocenters. The van der Waals surface area contributed by atoms with Gasteiger partial charge in [0, 0.05) is 39.4 Å². The molecule has 11 rings (SSSR count). The van der Waals surface area contributed by atoms with Crippen LogP contribution in [0.2, 0.25) is 0 Å². The van der Waals surface area contributed by atoms with Crippen LogP contribution >= 0.6 is 0 Å². The Bertz CT molecular complexity index is 3050. The average Bonchev–Trinajstić information content (AvgIpc) is 3.83. The minimum atomic E-state index is 0.855. The van der Waals surface area contributed by atoms with Crippen molar-refractivity contribution >= 4 is 71.2 Å². The molecular weight excluding hydrogens is 617 g/mol. The van der Waals surface area contributed by atoms with Crippen molar-refractivity contribution in [2.24, 2.45) is 0 Å². The van der Waals surface area contributed by atoms with Gasteiger partial charge in [-0.3, -0.25) is 0 Å². The van der Waals surface area contributed by atoms with Crippen LogP contribution in [-0.4, -0.2) is 9.13 Å². The molecule has 0 aliphatic heterocycles. The standard InChI is InChI=1S/C49H32N2/c1-2-36-38-16-8-9-17-39(38)40-24-23-35(30-42(36)40)51-45-19-11-10-18-41(45)43-28-32(21-25-46(43)51)33-22-26-47-44(29-33)49-37-15-7-6-12-31(37)20-27-48(49)50(47)34-13-4-3-5-14-34/h2-29H,1,30H2. The Hall–Kier alpha value is -6.64. The number of allylic oxidation sites excluding steroid dienone is 7. The van der Waals surface area contributed by atoms with Gasteiger partial charge in [-0.15, -0.1) is 0 Å². The summed E-state index contributed by atoms with van der Waals surface area (Å²) < 4.78 is 4.88. The lowest BCUT2D eigenvalue weighted by Crippen LogP contribution is -2.02. The maximum absolute atomic E-state index is 4.21. The van der Waals surface area contributed by atoms with Gasteiger partial charge in [0.1, 0.15) is 0 Å². The first-order valence-electron chi connectivity index (χ1n) is 17.7. The minimum Gasteiger partial charge on any atom is -0.313 e. The number of hydrogen-bond acceptors (Lipinski definition) is 0. The molecular formula is C49H32N2. The van der Waals surface area contributed by atoms with Crippen molar-refractivity contribution in [3.63, 3.8) is 0 Å². The molecule has 238 valence electrons. The zero-order chi connectivity index (χ0) is 33.6. The molecule has 0 spiro atoms. The van der Waals surface area contributed by atoms with Gasteiger partial charge < -0.3 is 9.13 Å². The van der Waals surface area contributed by atoms with E-state index in [0.717, 1.165) is 6.42 Å².